The van der Waals surface area contributed by atoms with Gasteiger partial charge >= 0.3 is 0 Å². The molecule has 0 fully saturated rings. The van der Waals surface area contributed by atoms with E-state index in [1.54, 1.807) is 6.08 Å². The van der Waals surface area contributed by atoms with E-state index in [0.717, 1.165) is 38.5 Å². The molecule has 3 atom stereocenters. The zero-order chi connectivity index (χ0) is 43.7. The van der Waals surface area contributed by atoms with Gasteiger partial charge in [0.2, 0.25) is 5.91 Å². The number of rotatable bonds is 48. The third-order valence-corrected chi connectivity index (χ3v) is 12.1. The molecule has 1 amide bonds. The second-order valence-electron chi connectivity index (χ2n) is 18.1. The third kappa shape index (κ3) is 45.8. The van der Waals surface area contributed by atoms with Crippen molar-refractivity contribution in [2.24, 2.45) is 0 Å². The molecule has 4 N–H and O–H groups in total. The summed E-state index contributed by atoms with van der Waals surface area (Å²) in [6.07, 6.45) is 65.7. The minimum Gasteiger partial charge on any atom is -0.394 e. The van der Waals surface area contributed by atoms with Crippen LogP contribution in [0.4, 0.5) is 0 Å². The number of aliphatic hydroxyl groups is 3. The second kappa shape index (κ2) is 50.0. The molecule has 0 rings (SSSR count). The Morgan fingerprint density at radius 3 is 1.17 bits per heavy atom. The molecule has 0 radical (unpaired) electrons. The zero-order valence-corrected chi connectivity index (χ0v) is 40.1. The van der Waals surface area contributed by atoms with Gasteiger partial charge in [0.25, 0.3) is 0 Å². The SMILES string of the molecule is CCCCCCCCCCC/C=C\C/C=C\CCCCCCCCCCCCCCCC(O)CC(=O)NC(CO)C(O)/C=C/CC/C=C/CCCCCCCCCCCC. The monoisotopic (exact) mass is 842 g/mol. The van der Waals surface area contributed by atoms with Crippen LogP contribution in [0.5, 0.6) is 0 Å². The number of carbonyl (C=O) groups is 1. The molecule has 352 valence electrons. The number of hydrogen-bond acceptors (Lipinski definition) is 4. The van der Waals surface area contributed by atoms with Crippen molar-refractivity contribution in [1.29, 1.82) is 0 Å². The Morgan fingerprint density at radius 1 is 0.433 bits per heavy atom. The molecular weight excluding hydrogens is 739 g/mol. The van der Waals surface area contributed by atoms with Gasteiger partial charge in [0, 0.05) is 0 Å². The van der Waals surface area contributed by atoms with E-state index in [4.69, 9.17) is 0 Å². The summed E-state index contributed by atoms with van der Waals surface area (Å²) < 4.78 is 0. The van der Waals surface area contributed by atoms with E-state index in [1.807, 2.05) is 6.08 Å². The maximum atomic E-state index is 12.5. The zero-order valence-electron chi connectivity index (χ0n) is 40.1. The van der Waals surface area contributed by atoms with Crippen molar-refractivity contribution in [1.82, 2.24) is 5.32 Å². The highest BCUT2D eigenvalue weighted by molar-refractivity contribution is 5.76. The molecular formula is C55H103NO4. The smallest absolute Gasteiger partial charge is 0.222 e. The summed E-state index contributed by atoms with van der Waals surface area (Å²) >= 11 is 0. The van der Waals surface area contributed by atoms with E-state index < -0.39 is 18.2 Å². The van der Waals surface area contributed by atoms with Gasteiger partial charge in [0.05, 0.1) is 31.3 Å². The van der Waals surface area contributed by atoms with E-state index >= 15 is 0 Å². The molecule has 5 nitrogen and oxygen atoms in total. The highest BCUT2D eigenvalue weighted by Crippen LogP contribution is 2.16. The van der Waals surface area contributed by atoms with Gasteiger partial charge in [0.1, 0.15) is 0 Å². The van der Waals surface area contributed by atoms with Gasteiger partial charge in [-0.25, -0.2) is 0 Å². The van der Waals surface area contributed by atoms with Gasteiger partial charge in [-0.05, 0) is 64.2 Å². The van der Waals surface area contributed by atoms with E-state index in [0.29, 0.717) is 6.42 Å². The lowest BCUT2D eigenvalue weighted by molar-refractivity contribution is -0.124. The van der Waals surface area contributed by atoms with E-state index in [1.165, 1.54) is 205 Å². The summed E-state index contributed by atoms with van der Waals surface area (Å²) in [6, 6.07) is -0.762. The molecule has 60 heavy (non-hydrogen) atoms. The van der Waals surface area contributed by atoms with Gasteiger partial charge in [-0.15, -0.1) is 0 Å². The minimum absolute atomic E-state index is 0.00514. The Balaban J connectivity index is 3.60. The average molecular weight is 842 g/mol. The van der Waals surface area contributed by atoms with Crippen LogP contribution < -0.4 is 5.32 Å². The fourth-order valence-corrected chi connectivity index (χ4v) is 8.03. The lowest BCUT2D eigenvalue weighted by atomic mass is 10.0. The summed E-state index contributed by atoms with van der Waals surface area (Å²) in [4.78, 5) is 12.5. The predicted octanol–water partition coefficient (Wildman–Crippen LogP) is 16.1. The molecule has 0 aliphatic carbocycles. The van der Waals surface area contributed by atoms with E-state index in [2.05, 4.69) is 55.6 Å². The Labute approximate surface area is 374 Å². The summed E-state index contributed by atoms with van der Waals surface area (Å²) in [5.41, 5.74) is 0. The maximum absolute atomic E-state index is 12.5. The van der Waals surface area contributed by atoms with Gasteiger partial charge < -0.3 is 20.6 Å². The van der Waals surface area contributed by atoms with Crippen molar-refractivity contribution >= 4 is 5.91 Å². The molecule has 0 spiro atoms. The van der Waals surface area contributed by atoms with Crippen LogP contribution >= 0.6 is 0 Å². The van der Waals surface area contributed by atoms with Crippen LogP contribution in [-0.4, -0.2) is 46.1 Å². The summed E-state index contributed by atoms with van der Waals surface area (Å²) in [7, 11) is 0. The van der Waals surface area contributed by atoms with Crippen molar-refractivity contribution in [2.45, 2.75) is 289 Å². The average Bonchev–Trinajstić information content (AvgIpc) is 3.24. The largest absolute Gasteiger partial charge is 0.394 e. The second-order valence-corrected chi connectivity index (χ2v) is 18.1. The number of aliphatic hydroxyl groups excluding tert-OH is 3. The van der Waals surface area contributed by atoms with Crippen molar-refractivity contribution in [3.05, 3.63) is 48.6 Å². The van der Waals surface area contributed by atoms with E-state index in [-0.39, 0.29) is 18.9 Å². The minimum atomic E-state index is -0.953. The molecule has 5 heteroatoms. The first-order chi connectivity index (χ1) is 29.5. The quantitative estimate of drug-likeness (QED) is 0.0363. The molecule has 0 saturated carbocycles. The van der Waals surface area contributed by atoms with Gasteiger partial charge in [-0.1, -0.05) is 249 Å². The van der Waals surface area contributed by atoms with Crippen molar-refractivity contribution in [3.8, 4) is 0 Å². The van der Waals surface area contributed by atoms with Crippen molar-refractivity contribution in [3.63, 3.8) is 0 Å². The molecule has 0 heterocycles. The van der Waals surface area contributed by atoms with Crippen LogP contribution in [0.3, 0.4) is 0 Å². The molecule has 0 aromatic carbocycles. The Hall–Kier alpha value is -1.69. The molecule has 0 saturated heterocycles. The molecule has 0 aromatic heterocycles. The third-order valence-electron chi connectivity index (χ3n) is 12.1. The highest BCUT2D eigenvalue weighted by Gasteiger charge is 2.20. The summed E-state index contributed by atoms with van der Waals surface area (Å²) in [5, 5.41) is 33.3. The number of amides is 1. The van der Waals surface area contributed by atoms with Crippen molar-refractivity contribution in [2.75, 3.05) is 6.61 Å². The molecule has 3 unspecified atom stereocenters. The number of allylic oxidation sites excluding steroid dienone is 7. The fraction of sp³-hybridized carbons (Fsp3) is 0.836. The topological polar surface area (TPSA) is 89.8 Å². The first-order valence-electron chi connectivity index (χ1n) is 26.4. The normalized spacial score (nSPS) is 13.8. The van der Waals surface area contributed by atoms with Crippen LogP contribution in [0.25, 0.3) is 0 Å². The standard InChI is InChI=1S/C55H103NO4/c1-3-5-7-9-11-13-15-17-19-21-22-23-24-25-26-27-28-29-30-31-32-33-34-36-38-40-42-44-46-48-52(58)50-55(60)56-53(51-57)54(59)49-47-45-43-41-39-37-35-20-18-16-14-12-10-8-6-4-2/h22-23,25-26,39,41,47,49,52-54,57-59H,3-21,24,27-38,40,42-46,48,50-51H2,1-2H3,(H,56,60)/b23-22-,26-25-,41-39+,49-47+. The van der Waals surface area contributed by atoms with Crippen LogP contribution in [0.15, 0.2) is 48.6 Å². The van der Waals surface area contributed by atoms with Crippen LogP contribution in [0.1, 0.15) is 271 Å². The lowest BCUT2D eigenvalue weighted by Gasteiger charge is -2.21. The van der Waals surface area contributed by atoms with Gasteiger partial charge in [-0.3, -0.25) is 4.79 Å². The Kier molecular flexibility index (Phi) is 48.6. The maximum Gasteiger partial charge on any atom is 0.222 e. The van der Waals surface area contributed by atoms with E-state index in [9.17, 15) is 20.1 Å². The molecule has 0 aliphatic rings. The highest BCUT2D eigenvalue weighted by atomic mass is 16.3. The summed E-state index contributed by atoms with van der Waals surface area (Å²) in [6.45, 7) is 4.21. The number of hydrogen-bond donors (Lipinski definition) is 4. The first-order valence-corrected chi connectivity index (χ1v) is 26.4. The predicted molar refractivity (Wildman–Crippen MR) is 264 cm³/mol. The Bertz CT molecular complexity index is 974. The van der Waals surface area contributed by atoms with Gasteiger partial charge in [0.15, 0.2) is 0 Å². The number of nitrogens with one attached hydrogen (secondary N) is 1. The van der Waals surface area contributed by atoms with Crippen molar-refractivity contribution < 1.29 is 20.1 Å². The molecule has 0 aromatic rings. The number of carbonyl (C=O) groups excluding carboxylic acids is 1. The summed E-state index contributed by atoms with van der Waals surface area (Å²) in [5.74, 6) is -0.325. The lowest BCUT2D eigenvalue weighted by Crippen LogP contribution is -2.45. The first kappa shape index (κ1) is 58.3. The molecule has 0 aliphatic heterocycles. The van der Waals surface area contributed by atoms with Crippen LogP contribution in [0.2, 0.25) is 0 Å². The van der Waals surface area contributed by atoms with Crippen LogP contribution in [0, 0.1) is 0 Å². The Morgan fingerprint density at radius 2 is 0.767 bits per heavy atom. The number of unbranched alkanes of at least 4 members (excludes halogenated alkanes) is 33. The molecule has 0 bridgehead atoms. The fourth-order valence-electron chi connectivity index (χ4n) is 8.03. The van der Waals surface area contributed by atoms with Crippen LogP contribution in [-0.2, 0) is 4.79 Å². The van der Waals surface area contributed by atoms with Gasteiger partial charge in [-0.2, -0.15) is 0 Å².